The minimum absolute atomic E-state index is 0.377. The number of allylic oxidation sites excluding steroid dienone is 1. The van der Waals surface area contributed by atoms with E-state index in [9.17, 15) is 5.26 Å². The summed E-state index contributed by atoms with van der Waals surface area (Å²) in [7, 11) is 0. The molecule has 0 heterocycles. The molecule has 0 fully saturated rings. The summed E-state index contributed by atoms with van der Waals surface area (Å²) >= 11 is 15.6. The summed E-state index contributed by atoms with van der Waals surface area (Å²) in [6.07, 6.45) is 1.83. The van der Waals surface area contributed by atoms with Crippen LogP contribution >= 0.6 is 39.1 Å². The number of hydrogen-bond donors (Lipinski definition) is 0. The Bertz CT molecular complexity index is 1020. The SMILES string of the molecule is N#C/C(=C/c1ccc(OCc2ccccc2Cl)c(Br)c1)c1ccc(Cl)cc1. The van der Waals surface area contributed by atoms with Crippen LogP contribution in [0.15, 0.2) is 71.2 Å². The smallest absolute Gasteiger partial charge is 0.134 e. The fraction of sp³-hybridized carbons (Fsp3) is 0.0455. The van der Waals surface area contributed by atoms with E-state index in [1.165, 1.54) is 0 Å². The number of ether oxygens (including phenoxy) is 1. The van der Waals surface area contributed by atoms with Gasteiger partial charge in [0.25, 0.3) is 0 Å². The molecule has 0 bridgehead atoms. The maximum atomic E-state index is 9.47. The maximum Gasteiger partial charge on any atom is 0.134 e. The van der Waals surface area contributed by atoms with Gasteiger partial charge in [0.15, 0.2) is 0 Å². The van der Waals surface area contributed by atoms with Crippen molar-refractivity contribution in [1.82, 2.24) is 0 Å². The number of benzene rings is 3. The van der Waals surface area contributed by atoms with Crippen molar-refractivity contribution in [2.45, 2.75) is 6.61 Å². The van der Waals surface area contributed by atoms with E-state index in [1.807, 2.05) is 60.7 Å². The fourth-order valence-corrected chi connectivity index (χ4v) is 3.30. The van der Waals surface area contributed by atoms with Crippen molar-refractivity contribution in [2.75, 3.05) is 0 Å². The first-order chi connectivity index (χ1) is 13.1. The molecule has 0 aromatic heterocycles. The van der Waals surface area contributed by atoms with Gasteiger partial charge in [0.2, 0.25) is 0 Å². The molecule has 0 saturated heterocycles. The Kier molecular flexibility index (Phi) is 6.58. The zero-order chi connectivity index (χ0) is 19.2. The number of nitrogens with zero attached hydrogens (tertiary/aromatic N) is 1. The molecular formula is C22H14BrCl2NO. The van der Waals surface area contributed by atoms with Crippen LogP contribution in [0.4, 0.5) is 0 Å². The molecule has 2 nitrogen and oxygen atoms in total. The van der Waals surface area contributed by atoms with Crippen molar-refractivity contribution in [3.05, 3.63) is 97.9 Å². The molecule has 0 radical (unpaired) electrons. The molecule has 0 aliphatic heterocycles. The summed E-state index contributed by atoms with van der Waals surface area (Å²) in [5, 5.41) is 10.8. The minimum atomic E-state index is 0.377. The van der Waals surface area contributed by atoms with Gasteiger partial charge in [-0.1, -0.05) is 59.6 Å². The van der Waals surface area contributed by atoms with E-state index in [1.54, 1.807) is 12.1 Å². The van der Waals surface area contributed by atoms with Crippen LogP contribution in [0.2, 0.25) is 10.0 Å². The first-order valence-electron chi connectivity index (χ1n) is 8.10. The second-order valence-corrected chi connectivity index (χ2v) is 7.44. The predicted molar refractivity (Wildman–Crippen MR) is 115 cm³/mol. The van der Waals surface area contributed by atoms with Gasteiger partial charge in [0, 0.05) is 15.6 Å². The van der Waals surface area contributed by atoms with Crippen LogP contribution in [0.5, 0.6) is 5.75 Å². The molecule has 3 aromatic rings. The minimum Gasteiger partial charge on any atom is -0.488 e. The highest BCUT2D eigenvalue weighted by Gasteiger charge is 2.06. The van der Waals surface area contributed by atoms with E-state index in [0.717, 1.165) is 21.2 Å². The van der Waals surface area contributed by atoms with Crippen molar-refractivity contribution in [2.24, 2.45) is 0 Å². The Balaban J connectivity index is 1.78. The van der Waals surface area contributed by atoms with Gasteiger partial charge in [0.1, 0.15) is 12.4 Å². The Hall–Kier alpha value is -2.25. The fourth-order valence-electron chi connectivity index (χ4n) is 2.47. The second kappa shape index (κ2) is 9.10. The van der Waals surface area contributed by atoms with Gasteiger partial charge in [0.05, 0.1) is 16.1 Å². The number of halogens is 3. The first-order valence-corrected chi connectivity index (χ1v) is 9.65. The number of rotatable bonds is 5. The summed E-state index contributed by atoms with van der Waals surface area (Å²) in [5.74, 6) is 0.706. The highest BCUT2D eigenvalue weighted by Crippen LogP contribution is 2.29. The van der Waals surface area contributed by atoms with E-state index in [-0.39, 0.29) is 0 Å². The summed E-state index contributed by atoms with van der Waals surface area (Å²) in [6, 6.07) is 22.7. The standard InChI is InChI=1S/C22H14BrCl2NO/c23-20-12-15(11-18(13-26)16-6-8-19(24)9-7-16)5-10-22(20)27-14-17-3-1-2-4-21(17)25/h1-12H,14H2/b18-11-. The van der Waals surface area contributed by atoms with Crippen LogP contribution in [0, 0.1) is 11.3 Å². The average Bonchev–Trinajstić information content (AvgIpc) is 2.67. The summed E-state index contributed by atoms with van der Waals surface area (Å²) in [5.41, 5.74) is 3.18. The van der Waals surface area contributed by atoms with Crippen LogP contribution in [0.25, 0.3) is 11.6 Å². The molecule has 0 unspecified atom stereocenters. The van der Waals surface area contributed by atoms with Gasteiger partial charge in [-0.15, -0.1) is 0 Å². The van der Waals surface area contributed by atoms with Gasteiger partial charge in [-0.25, -0.2) is 0 Å². The van der Waals surface area contributed by atoms with Crippen molar-refractivity contribution in [1.29, 1.82) is 5.26 Å². The molecule has 134 valence electrons. The largest absolute Gasteiger partial charge is 0.488 e. The topological polar surface area (TPSA) is 33.0 Å². The Morgan fingerprint density at radius 3 is 2.44 bits per heavy atom. The number of hydrogen-bond acceptors (Lipinski definition) is 2. The van der Waals surface area contributed by atoms with Crippen molar-refractivity contribution < 1.29 is 4.74 Å². The molecule has 0 atom stereocenters. The highest BCUT2D eigenvalue weighted by molar-refractivity contribution is 9.10. The lowest BCUT2D eigenvalue weighted by atomic mass is 10.0. The lowest BCUT2D eigenvalue weighted by Crippen LogP contribution is -1.97. The predicted octanol–water partition coefficient (Wildman–Crippen LogP) is 7.40. The van der Waals surface area contributed by atoms with Crippen LogP contribution in [0.1, 0.15) is 16.7 Å². The molecule has 0 aliphatic carbocycles. The molecule has 0 spiro atoms. The summed E-state index contributed by atoms with van der Waals surface area (Å²) in [4.78, 5) is 0. The monoisotopic (exact) mass is 457 g/mol. The van der Waals surface area contributed by atoms with Gasteiger partial charge >= 0.3 is 0 Å². The third kappa shape index (κ3) is 5.14. The summed E-state index contributed by atoms with van der Waals surface area (Å²) < 4.78 is 6.66. The summed E-state index contributed by atoms with van der Waals surface area (Å²) in [6.45, 7) is 0.377. The number of nitriles is 1. The maximum absolute atomic E-state index is 9.47. The Morgan fingerprint density at radius 1 is 1.04 bits per heavy atom. The normalized spacial score (nSPS) is 11.1. The molecule has 0 saturated carbocycles. The zero-order valence-corrected chi connectivity index (χ0v) is 17.2. The molecule has 5 heteroatoms. The van der Waals surface area contributed by atoms with Crippen molar-refractivity contribution in [3.63, 3.8) is 0 Å². The van der Waals surface area contributed by atoms with Gasteiger partial charge in [-0.3, -0.25) is 0 Å². The van der Waals surface area contributed by atoms with E-state index in [0.29, 0.717) is 28.0 Å². The Morgan fingerprint density at radius 2 is 1.78 bits per heavy atom. The molecule has 0 amide bonds. The Labute approximate surface area is 176 Å². The third-order valence-electron chi connectivity index (χ3n) is 3.88. The third-order valence-corrected chi connectivity index (χ3v) is 5.12. The van der Waals surface area contributed by atoms with Crippen LogP contribution in [-0.2, 0) is 6.61 Å². The molecular weight excluding hydrogens is 445 g/mol. The highest BCUT2D eigenvalue weighted by atomic mass is 79.9. The molecule has 0 N–H and O–H groups in total. The van der Waals surface area contributed by atoms with E-state index >= 15 is 0 Å². The van der Waals surface area contributed by atoms with Gasteiger partial charge in [-0.2, -0.15) is 5.26 Å². The van der Waals surface area contributed by atoms with Gasteiger partial charge < -0.3 is 4.74 Å². The van der Waals surface area contributed by atoms with Gasteiger partial charge in [-0.05, 0) is 63.5 Å². The molecule has 0 aliphatic rings. The van der Waals surface area contributed by atoms with Crippen LogP contribution < -0.4 is 4.74 Å². The zero-order valence-electron chi connectivity index (χ0n) is 14.1. The second-order valence-electron chi connectivity index (χ2n) is 5.75. The lowest BCUT2D eigenvalue weighted by molar-refractivity contribution is 0.304. The first kappa shape index (κ1) is 19.5. The molecule has 27 heavy (non-hydrogen) atoms. The van der Waals surface area contributed by atoms with Crippen molar-refractivity contribution in [3.8, 4) is 11.8 Å². The molecule has 3 rings (SSSR count). The van der Waals surface area contributed by atoms with E-state index < -0.39 is 0 Å². The van der Waals surface area contributed by atoms with Crippen LogP contribution in [-0.4, -0.2) is 0 Å². The van der Waals surface area contributed by atoms with Crippen molar-refractivity contribution >= 4 is 50.8 Å². The van der Waals surface area contributed by atoms with E-state index in [4.69, 9.17) is 27.9 Å². The average molecular weight is 459 g/mol. The van der Waals surface area contributed by atoms with E-state index in [2.05, 4.69) is 22.0 Å². The van der Waals surface area contributed by atoms with Crippen LogP contribution in [0.3, 0.4) is 0 Å². The molecule has 3 aromatic carbocycles. The lowest BCUT2D eigenvalue weighted by Gasteiger charge is -2.10. The quantitative estimate of drug-likeness (QED) is 0.294.